The number of rotatable bonds is 6. The molecule has 1 aliphatic rings. The summed E-state index contributed by atoms with van der Waals surface area (Å²) in [4.78, 5) is 37.3. The van der Waals surface area contributed by atoms with E-state index in [2.05, 4.69) is 5.32 Å². The van der Waals surface area contributed by atoms with Gasteiger partial charge in [-0.25, -0.2) is 0 Å². The Morgan fingerprint density at radius 1 is 1.21 bits per heavy atom. The van der Waals surface area contributed by atoms with Crippen LogP contribution in [0.5, 0.6) is 11.5 Å². The number of methoxy groups -OCH3 is 2. The van der Waals surface area contributed by atoms with Crippen LogP contribution < -0.4 is 19.7 Å². The fourth-order valence-corrected chi connectivity index (χ4v) is 3.24. The summed E-state index contributed by atoms with van der Waals surface area (Å²) in [5.74, 6) is -0.180. The zero-order valence-corrected chi connectivity index (χ0v) is 16.3. The van der Waals surface area contributed by atoms with E-state index in [1.165, 1.54) is 25.2 Å². The summed E-state index contributed by atoms with van der Waals surface area (Å²) < 4.78 is 10.4. The highest BCUT2D eigenvalue weighted by atomic mass is 16.6. The average Bonchev–Trinajstić information content (AvgIpc) is 3.10. The highest BCUT2D eigenvalue weighted by molar-refractivity contribution is 6.04. The smallest absolute Gasteiger partial charge is 0.274 e. The molecule has 0 aliphatic carbocycles. The molecule has 0 saturated carbocycles. The number of nitro groups is 1. The van der Waals surface area contributed by atoms with Crippen molar-refractivity contribution in [3.05, 3.63) is 52.1 Å². The lowest BCUT2D eigenvalue weighted by molar-refractivity contribution is -0.385. The summed E-state index contributed by atoms with van der Waals surface area (Å²) in [6.45, 7) is 1.77. The molecule has 1 saturated heterocycles. The highest BCUT2D eigenvalue weighted by Gasteiger charge is 2.36. The first-order chi connectivity index (χ1) is 13.8. The predicted molar refractivity (Wildman–Crippen MR) is 106 cm³/mol. The Bertz CT molecular complexity index is 975. The van der Waals surface area contributed by atoms with E-state index in [0.29, 0.717) is 28.4 Å². The Balaban J connectivity index is 1.78. The van der Waals surface area contributed by atoms with Crippen LogP contribution in [0.15, 0.2) is 36.4 Å². The van der Waals surface area contributed by atoms with E-state index in [1.54, 1.807) is 37.3 Å². The second kappa shape index (κ2) is 8.17. The molecule has 0 unspecified atom stereocenters. The van der Waals surface area contributed by atoms with Gasteiger partial charge in [0, 0.05) is 30.7 Å². The maximum atomic E-state index is 12.7. The van der Waals surface area contributed by atoms with Gasteiger partial charge in [0.05, 0.1) is 36.4 Å². The lowest BCUT2D eigenvalue weighted by atomic mass is 10.1. The van der Waals surface area contributed by atoms with E-state index in [4.69, 9.17) is 9.47 Å². The number of benzene rings is 2. The van der Waals surface area contributed by atoms with Crippen LogP contribution in [0.4, 0.5) is 17.1 Å². The molecule has 0 radical (unpaired) electrons. The molecule has 9 nitrogen and oxygen atoms in total. The fourth-order valence-electron chi connectivity index (χ4n) is 3.24. The van der Waals surface area contributed by atoms with Gasteiger partial charge in [-0.3, -0.25) is 19.7 Å². The van der Waals surface area contributed by atoms with Crippen LogP contribution in [0, 0.1) is 23.0 Å². The predicted octanol–water partition coefficient (Wildman–Crippen LogP) is 2.91. The van der Waals surface area contributed by atoms with Crippen molar-refractivity contribution >= 4 is 28.9 Å². The number of nitrogens with one attached hydrogen (secondary N) is 1. The van der Waals surface area contributed by atoms with E-state index in [9.17, 15) is 19.7 Å². The van der Waals surface area contributed by atoms with Crippen LogP contribution in [0.2, 0.25) is 0 Å². The van der Waals surface area contributed by atoms with Gasteiger partial charge in [0.15, 0.2) is 0 Å². The van der Waals surface area contributed by atoms with Crippen molar-refractivity contribution in [2.75, 3.05) is 31.0 Å². The lowest BCUT2D eigenvalue weighted by Crippen LogP contribution is -2.28. The van der Waals surface area contributed by atoms with Crippen molar-refractivity contribution in [3.8, 4) is 11.5 Å². The summed E-state index contributed by atoms with van der Waals surface area (Å²) >= 11 is 0. The Kier molecular flexibility index (Phi) is 5.67. The van der Waals surface area contributed by atoms with Gasteiger partial charge in [0.2, 0.25) is 11.8 Å². The Morgan fingerprint density at radius 2 is 1.97 bits per heavy atom. The van der Waals surface area contributed by atoms with E-state index in [1.807, 2.05) is 0 Å². The highest BCUT2D eigenvalue weighted by Crippen LogP contribution is 2.32. The Labute approximate surface area is 167 Å². The molecule has 1 fully saturated rings. The van der Waals surface area contributed by atoms with Crippen LogP contribution in [0.25, 0.3) is 0 Å². The maximum absolute atomic E-state index is 12.7. The second-order valence-corrected chi connectivity index (χ2v) is 6.69. The number of carbonyl (C=O) groups is 2. The first-order valence-corrected chi connectivity index (χ1v) is 8.92. The number of nitrogens with zero attached hydrogens (tertiary/aromatic N) is 2. The number of amides is 2. The van der Waals surface area contributed by atoms with Crippen LogP contribution in [0.1, 0.15) is 12.0 Å². The maximum Gasteiger partial charge on any atom is 0.274 e. The minimum Gasteiger partial charge on any atom is -0.497 e. The van der Waals surface area contributed by atoms with Gasteiger partial charge in [0.1, 0.15) is 11.5 Å². The summed E-state index contributed by atoms with van der Waals surface area (Å²) in [7, 11) is 3.00. The average molecular weight is 399 g/mol. The molecular weight excluding hydrogens is 378 g/mol. The molecule has 1 heterocycles. The summed E-state index contributed by atoms with van der Waals surface area (Å²) in [6, 6.07) is 9.61. The van der Waals surface area contributed by atoms with E-state index >= 15 is 0 Å². The van der Waals surface area contributed by atoms with Crippen LogP contribution >= 0.6 is 0 Å². The lowest BCUT2D eigenvalue weighted by Gasteiger charge is -2.17. The molecule has 9 heteroatoms. The molecule has 0 bridgehead atoms. The van der Waals surface area contributed by atoms with Gasteiger partial charge in [-0.2, -0.15) is 0 Å². The quantitative estimate of drug-likeness (QED) is 0.591. The molecular formula is C20H21N3O6. The molecule has 0 spiro atoms. The third-order valence-corrected chi connectivity index (χ3v) is 4.86. The summed E-state index contributed by atoms with van der Waals surface area (Å²) in [5.41, 5.74) is 1.28. The molecule has 2 amide bonds. The van der Waals surface area contributed by atoms with E-state index < -0.39 is 10.8 Å². The van der Waals surface area contributed by atoms with Crippen LogP contribution in [-0.2, 0) is 9.59 Å². The second-order valence-electron chi connectivity index (χ2n) is 6.69. The number of hydrogen-bond acceptors (Lipinski definition) is 6. The molecule has 29 heavy (non-hydrogen) atoms. The van der Waals surface area contributed by atoms with Gasteiger partial charge in [-0.1, -0.05) is 6.07 Å². The van der Waals surface area contributed by atoms with Crippen molar-refractivity contribution in [1.29, 1.82) is 0 Å². The zero-order chi connectivity index (χ0) is 21.1. The number of nitro benzene ring substituents is 1. The topological polar surface area (TPSA) is 111 Å². The van der Waals surface area contributed by atoms with Crippen molar-refractivity contribution in [3.63, 3.8) is 0 Å². The van der Waals surface area contributed by atoms with Crippen molar-refractivity contribution in [2.45, 2.75) is 13.3 Å². The minimum absolute atomic E-state index is 0.0137. The number of hydrogen-bond donors (Lipinski definition) is 1. The van der Waals surface area contributed by atoms with Crippen molar-refractivity contribution < 1.29 is 24.0 Å². The van der Waals surface area contributed by atoms with Crippen LogP contribution in [0.3, 0.4) is 0 Å². The molecule has 1 N–H and O–H groups in total. The number of ether oxygens (including phenoxy) is 2. The van der Waals surface area contributed by atoms with Crippen molar-refractivity contribution in [2.24, 2.45) is 5.92 Å². The first-order valence-electron chi connectivity index (χ1n) is 8.92. The van der Waals surface area contributed by atoms with Gasteiger partial charge in [-0.15, -0.1) is 0 Å². The Hall–Kier alpha value is -3.62. The van der Waals surface area contributed by atoms with Gasteiger partial charge in [0.25, 0.3) is 5.69 Å². The van der Waals surface area contributed by atoms with E-state index in [-0.39, 0.29) is 30.5 Å². The molecule has 1 aliphatic heterocycles. The molecule has 1 atom stereocenters. The number of carbonyl (C=O) groups excluding carboxylic acids is 2. The number of anilines is 2. The minimum atomic E-state index is -0.598. The monoisotopic (exact) mass is 399 g/mol. The third-order valence-electron chi connectivity index (χ3n) is 4.86. The summed E-state index contributed by atoms with van der Waals surface area (Å²) in [5, 5.41) is 14.0. The normalized spacial score (nSPS) is 15.9. The van der Waals surface area contributed by atoms with Crippen molar-refractivity contribution in [1.82, 2.24) is 0 Å². The largest absolute Gasteiger partial charge is 0.497 e. The molecule has 152 valence electrons. The third kappa shape index (κ3) is 4.13. The Morgan fingerprint density at radius 3 is 2.62 bits per heavy atom. The van der Waals surface area contributed by atoms with Gasteiger partial charge >= 0.3 is 0 Å². The molecule has 2 aromatic carbocycles. The fraction of sp³-hybridized carbons (Fsp3) is 0.300. The standard InChI is InChI=1S/C20H21N3O6/c1-12-4-5-14(9-17(12)23(26)27)22-11-13(8-19(22)24)20(25)21-16-10-15(28-2)6-7-18(16)29-3/h4-7,9-10,13H,8,11H2,1-3H3,(H,21,25)/t13-/m0/s1. The summed E-state index contributed by atoms with van der Waals surface area (Å²) in [6.07, 6.45) is 0.0137. The zero-order valence-electron chi connectivity index (χ0n) is 16.3. The molecule has 2 aromatic rings. The van der Waals surface area contributed by atoms with E-state index in [0.717, 1.165) is 0 Å². The molecule has 0 aromatic heterocycles. The van der Waals surface area contributed by atoms with Gasteiger partial charge in [-0.05, 0) is 25.1 Å². The number of aryl methyl sites for hydroxylation is 1. The van der Waals surface area contributed by atoms with Gasteiger partial charge < -0.3 is 19.7 Å². The molecule has 3 rings (SSSR count). The first kappa shape index (κ1) is 20.1. The SMILES string of the molecule is COc1ccc(OC)c(NC(=O)[C@H]2CC(=O)N(c3ccc(C)c([N+](=O)[O-])c3)C2)c1. The van der Waals surface area contributed by atoms with Crippen LogP contribution in [-0.4, -0.2) is 37.5 Å².